The van der Waals surface area contributed by atoms with Crippen molar-refractivity contribution in [2.45, 2.75) is 49.8 Å². The molecule has 0 spiro atoms. The molecule has 162 valence electrons. The van der Waals surface area contributed by atoms with E-state index in [-0.39, 0.29) is 12.5 Å². The zero-order valence-corrected chi connectivity index (χ0v) is 19.1. The molecule has 9 heteroatoms. The Hall–Kier alpha value is -2.65. The number of benzene rings is 1. The summed E-state index contributed by atoms with van der Waals surface area (Å²) < 4.78 is 5.42. The van der Waals surface area contributed by atoms with Crippen LogP contribution in [0, 0.1) is 6.92 Å². The molecule has 0 saturated heterocycles. The Bertz CT molecular complexity index is 1100. The van der Waals surface area contributed by atoms with Gasteiger partial charge in [0, 0.05) is 10.3 Å². The lowest BCUT2D eigenvalue weighted by Crippen LogP contribution is -2.46. The maximum atomic E-state index is 12.5. The molecule has 1 aromatic carbocycles. The van der Waals surface area contributed by atoms with E-state index in [0.717, 1.165) is 33.6 Å². The molecule has 1 aliphatic rings. The van der Waals surface area contributed by atoms with Gasteiger partial charge in [0.05, 0.1) is 5.25 Å². The number of amides is 2. The number of nitrogens with one attached hydrogen (secondary N) is 2. The SMILES string of the molecule is Cc1ccc(OCC(=O)NNC(=O)C(C)Sc2ncnc3sc4c(c23)CCCC4)cc1. The van der Waals surface area contributed by atoms with Crippen molar-refractivity contribution < 1.29 is 14.3 Å². The first-order chi connectivity index (χ1) is 15.0. The minimum Gasteiger partial charge on any atom is -0.484 e. The predicted octanol–water partition coefficient (Wildman–Crippen LogP) is 3.59. The molecule has 0 aliphatic heterocycles. The van der Waals surface area contributed by atoms with Crippen LogP contribution in [0.2, 0.25) is 0 Å². The van der Waals surface area contributed by atoms with Gasteiger partial charge in [0.25, 0.3) is 11.8 Å². The van der Waals surface area contributed by atoms with E-state index in [4.69, 9.17) is 4.74 Å². The average molecular weight is 457 g/mol. The molecule has 1 atom stereocenters. The summed E-state index contributed by atoms with van der Waals surface area (Å²) in [6.07, 6.45) is 6.06. The standard InChI is InChI=1S/C22H24N4O3S2/c1-13-7-9-15(10-8-13)29-11-18(27)25-26-20(28)14(2)30-21-19-16-5-3-4-6-17(16)31-22(19)24-12-23-21/h7-10,12,14H,3-6,11H2,1-2H3,(H,25,27)(H,26,28). The molecule has 2 aromatic heterocycles. The predicted molar refractivity (Wildman–Crippen MR) is 122 cm³/mol. The monoisotopic (exact) mass is 456 g/mol. The van der Waals surface area contributed by atoms with Crippen LogP contribution in [0.3, 0.4) is 0 Å². The fourth-order valence-corrected chi connectivity index (χ4v) is 5.66. The zero-order valence-electron chi connectivity index (χ0n) is 17.4. The van der Waals surface area contributed by atoms with Crippen LogP contribution in [0.15, 0.2) is 35.6 Å². The maximum Gasteiger partial charge on any atom is 0.276 e. The second-order valence-corrected chi connectivity index (χ2v) is 9.88. The number of ether oxygens (including phenoxy) is 1. The molecular weight excluding hydrogens is 432 g/mol. The smallest absolute Gasteiger partial charge is 0.276 e. The topological polar surface area (TPSA) is 93.2 Å². The van der Waals surface area contributed by atoms with Crippen LogP contribution in [-0.2, 0) is 22.4 Å². The maximum absolute atomic E-state index is 12.5. The van der Waals surface area contributed by atoms with Gasteiger partial charge in [-0.25, -0.2) is 9.97 Å². The highest BCUT2D eigenvalue weighted by molar-refractivity contribution is 8.00. The highest BCUT2D eigenvalue weighted by Gasteiger charge is 2.23. The Kier molecular flexibility index (Phi) is 6.72. The lowest BCUT2D eigenvalue weighted by Gasteiger charge is -2.14. The van der Waals surface area contributed by atoms with Crippen molar-refractivity contribution in [2.75, 3.05) is 6.61 Å². The second kappa shape index (κ2) is 9.65. The van der Waals surface area contributed by atoms with Gasteiger partial charge >= 0.3 is 0 Å². The number of nitrogens with zero attached hydrogens (tertiary/aromatic N) is 2. The van der Waals surface area contributed by atoms with Crippen LogP contribution in [0.25, 0.3) is 10.2 Å². The second-order valence-electron chi connectivity index (χ2n) is 7.47. The Labute approximate surface area is 189 Å². The lowest BCUT2D eigenvalue weighted by atomic mass is 9.97. The molecule has 0 radical (unpaired) electrons. The molecule has 0 bridgehead atoms. The Morgan fingerprint density at radius 1 is 1.16 bits per heavy atom. The fourth-order valence-electron chi connectivity index (χ4n) is 3.42. The molecule has 31 heavy (non-hydrogen) atoms. The molecule has 1 unspecified atom stereocenters. The van der Waals surface area contributed by atoms with Crippen molar-refractivity contribution in [1.29, 1.82) is 0 Å². The van der Waals surface area contributed by atoms with Gasteiger partial charge in [-0.3, -0.25) is 20.4 Å². The highest BCUT2D eigenvalue weighted by atomic mass is 32.2. The normalized spacial score (nSPS) is 14.0. The van der Waals surface area contributed by atoms with Gasteiger partial charge in [-0.05, 0) is 57.2 Å². The van der Waals surface area contributed by atoms with Crippen molar-refractivity contribution in [2.24, 2.45) is 0 Å². The molecule has 4 rings (SSSR count). The number of aromatic nitrogens is 2. The Morgan fingerprint density at radius 2 is 1.94 bits per heavy atom. The molecule has 0 saturated carbocycles. The van der Waals surface area contributed by atoms with Crippen molar-refractivity contribution >= 4 is 45.1 Å². The summed E-state index contributed by atoms with van der Waals surface area (Å²) in [5.41, 5.74) is 7.32. The summed E-state index contributed by atoms with van der Waals surface area (Å²) in [7, 11) is 0. The van der Waals surface area contributed by atoms with E-state index < -0.39 is 11.2 Å². The minimum atomic E-state index is -0.435. The van der Waals surface area contributed by atoms with E-state index in [0.29, 0.717) is 5.75 Å². The first kappa shape index (κ1) is 21.6. The van der Waals surface area contributed by atoms with Crippen molar-refractivity contribution in [3.63, 3.8) is 0 Å². The van der Waals surface area contributed by atoms with Gasteiger partial charge in [0.1, 0.15) is 21.9 Å². The fraction of sp³-hybridized carbons (Fsp3) is 0.364. The molecular formula is C22H24N4O3S2. The molecule has 1 aliphatic carbocycles. The molecule has 2 N–H and O–H groups in total. The first-order valence-corrected chi connectivity index (χ1v) is 11.9. The summed E-state index contributed by atoms with van der Waals surface area (Å²) in [6.45, 7) is 3.59. The van der Waals surface area contributed by atoms with Gasteiger partial charge in [-0.2, -0.15) is 0 Å². The van der Waals surface area contributed by atoms with Crippen LogP contribution < -0.4 is 15.6 Å². The van der Waals surface area contributed by atoms with Crippen LogP contribution in [0.4, 0.5) is 0 Å². The number of aryl methyl sites for hydroxylation is 3. The third-order valence-electron chi connectivity index (χ3n) is 5.09. The van der Waals surface area contributed by atoms with Gasteiger partial charge in [-0.1, -0.05) is 29.5 Å². The van der Waals surface area contributed by atoms with E-state index in [2.05, 4.69) is 20.8 Å². The van der Waals surface area contributed by atoms with Crippen molar-refractivity contribution in [1.82, 2.24) is 20.8 Å². The quantitative estimate of drug-likeness (QED) is 0.335. The van der Waals surface area contributed by atoms with E-state index in [9.17, 15) is 9.59 Å². The Balaban J connectivity index is 1.32. The van der Waals surface area contributed by atoms with Gasteiger partial charge < -0.3 is 4.74 Å². The summed E-state index contributed by atoms with van der Waals surface area (Å²) >= 11 is 3.11. The number of thioether (sulfide) groups is 1. The van der Waals surface area contributed by atoms with Crippen LogP contribution >= 0.6 is 23.1 Å². The molecule has 2 heterocycles. The summed E-state index contributed by atoms with van der Waals surface area (Å²) in [5.74, 6) is -0.130. The van der Waals surface area contributed by atoms with Gasteiger partial charge in [-0.15, -0.1) is 11.3 Å². The highest BCUT2D eigenvalue weighted by Crippen LogP contribution is 2.40. The van der Waals surface area contributed by atoms with Crippen molar-refractivity contribution in [3.8, 4) is 5.75 Å². The number of fused-ring (bicyclic) bond motifs is 3. The minimum absolute atomic E-state index is 0.182. The third kappa shape index (κ3) is 5.16. The number of thiophene rings is 1. The van der Waals surface area contributed by atoms with Crippen molar-refractivity contribution in [3.05, 3.63) is 46.6 Å². The van der Waals surface area contributed by atoms with Crippen LogP contribution in [0.5, 0.6) is 5.75 Å². The van der Waals surface area contributed by atoms with E-state index in [1.165, 1.54) is 35.0 Å². The summed E-state index contributed by atoms with van der Waals surface area (Å²) in [6, 6.07) is 7.41. The summed E-state index contributed by atoms with van der Waals surface area (Å²) in [5, 5.41) is 1.47. The van der Waals surface area contributed by atoms with Crippen LogP contribution in [-0.4, -0.2) is 33.6 Å². The average Bonchev–Trinajstić information content (AvgIpc) is 3.16. The van der Waals surface area contributed by atoms with Gasteiger partial charge in [0.15, 0.2) is 6.61 Å². The third-order valence-corrected chi connectivity index (χ3v) is 7.39. The number of carbonyl (C=O) groups excluding carboxylic acids is 2. The number of hydrogen-bond acceptors (Lipinski definition) is 7. The van der Waals surface area contributed by atoms with E-state index in [1.807, 2.05) is 19.1 Å². The lowest BCUT2D eigenvalue weighted by molar-refractivity contribution is -0.129. The number of hydrazine groups is 1. The number of rotatable bonds is 6. The molecule has 7 nitrogen and oxygen atoms in total. The molecule has 3 aromatic rings. The summed E-state index contributed by atoms with van der Waals surface area (Å²) in [4.78, 5) is 35.7. The van der Waals surface area contributed by atoms with Gasteiger partial charge in [0.2, 0.25) is 0 Å². The molecule has 0 fully saturated rings. The Morgan fingerprint density at radius 3 is 2.74 bits per heavy atom. The largest absolute Gasteiger partial charge is 0.484 e. The number of hydrogen-bond donors (Lipinski definition) is 2. The van der Waals surface area contributed by atoms with E-state index in [1.54, 1.807) is 36.7 Å². The first-order valence-electron chi connectivity index (χ1n) is 10.2. The number of carbonyl (C=O) groups is 2. The van der Waals surface area contributed by atoms with E-state index >= 15 is 0 Å². The van der Waals surface area contributed by atoms with Crippen LogP contribution in [0.1, 0.15) is 35.8 Å². The molecule has 2 amide bonds. The zero-order chi connectivity index (χ0) is 21.8.